The Morgan fingerprint density at radius 2 is 2.14 bits per heavy atom. The third-order valence-electron chi connectivity index (χ3n) is 3.44. The summed E-state index contributed by atoms with van der Waals surface area (Å²) in [5.74, 6) is -0.446. The number of fused-ring (bicyclic) bond motifs is 1. The minimum absolute atomic E-state index is 0.0119. The van der Waals surface area contributed by atoms with Crippen LogP contribution in [0.15, 0.2) is 18.2 Å². The SMILES string of the molecule is Cc1ccc2sc(C(=O)NCC(=O)NC3CC3)c(N)c2c1. The van der Waals surface area contributed by atoms with E-state index in [1.165, 1.54) is 11.3 Å². The van der Waals surface area contributed by atoms with E-state index in [4.69, 9.17) is 5.73 Å². The number of nitrogens with two attached hydrogens (primary N) is 1. The molecule has 110 valence electrons. The second-order valence-electron chi connectivity index (χ2n) is 5.37. The predicted molar refractivity (Wildman–Crippen MR) is 84.5 cm³/mol. The fourth-order valence-electron chi connectivity index (χ4n) is 2.15. The fraction of sp³-hybridized carbons (Fsp3) is 0.333. The molecule has 6 heteroatoms. The van der Waals surface area contributed by atoms with E-state index in [1.807, 2.05) is 25.1 Å². The number of rotatable bonds is 4. The predicted octanol–water partition coefficient (Wildman–Crippen LogP) is 1.80. The van der Waals surface area contributed by atoms with Crippen molar-refractivity contribution < 1.29 is 9.59 Å². The van der Waals surface area contributed by atoms with Gasteiger partial charge in [0.05, 0.1) is 12.2 Å². The third-order valence-corrected chi connectivity index (χ3v) is 4.63. The van der Waals surface area contributed by atoms with Crippen LogP contribution in [0.4, 0.5) is 5.69 Å². The highest BCUT2D eigenvalue weighted by molar-refractivity contribution is 7.21. The molecule has 1 fully saturated rings. The molecule has 1 aromatic heterocycles. The lowest BCUT2D eigenvalue weighted by Crippen LogP contribution is -2.37. The molecule has 1 aliphatic rings. The summed E-state index contributed by atoms with van der Waals surface area (Å²) in [7, 11) is 0. The minimum atomic E-state index is -0.294. The Bertz CT molecular complexity index is 719. The van der Waals surface area contributed by atoms with Gasteiger partial charge in [0.1, 0.15) is 4.88 Å². The van der Waals surface area contributed by atoms with Gasteiger partial charge in [-0.3, -0.25) is 9.59 Å². The summed E-state index contributed by atoms with van der Waals surface area (Å²) in [5.41, 5.74) is 7.64. The molecule has 2 aromatic rings. The number of carbonyl (C=O) groups excluding carboxylic acids is 2. The lowest BCUT2D eigenvalue weighted by Gasteiger charge is -2.05. The van der Waals surface area contributed by atoms with Crippen LogP contribution in [0.1, 0.15) is 28.1 Å². The number of anilines is 1. The summed E-state index contributed by atoms with van der Waals surface area (Å²) >= 11 is 1.35. The lowest BCUT2D eigenvalue weighted by atomic mass is 10.1. The first-order chi connectivity index (χ1) is 10.0. The van der Waals surface area contributed by atoms with Gasteiger partial charge in [-0.2, -0.15) is 0 Å². The van der Waals surface area contributed by atoms with Crippen LogP contribution in [0.25, 0.3) is 10.1 Å². The van der Waals surface area contributed by atoms with Gasteiger partial charge in [0, 0.05) is 16.1 Å². The molecule has 0 aliphatic heterocycles. The number of nitrogen functional groups attached to an aromatic ring is 1. The van der Waals surface area contributed by atoms with E-state index in [2.05, 4.69) is 10.6 Å². The highest BCUT2D eigenvalue weighted by Gasteiger charge is 2.23. The Kier molecular flexibility index (Phi) is 3.55. The number of benzene rings is 1. The minimum Gasteiger partial charge on any atom is -0.397 e. The third kappa shape index (κ3) is 3.00. The van der Waals surface area contributed by atoms with Crippen LogP contribution in [-0.4, -0.2) is 24.4 Å². The fourth-order valence-corrected chi connectivity index (χ4v) is 3.17. The van der Waals surface area contributed by atoms with Crippen molar-refractivity contribution in [3.05, 3.63) is 28.6 Å². The van der Waals surface area contributed by atoms with E-state index in [-0.39, 0.29) is 18.4 Å². The second-order valence-corrected chi connectivity index (χ2v) is 6.42. The number of hydrogen-bond donors (Lipinski definition) is 3. The van der Waals surface area contributed by atoms with Gasteiger partial charge >= 0.3 is 0 Å². The zero-order valence-electron chi connectivity index (χ0n) is 11.7. The first kappa shape index (κ1) is 13.9. The van der Waals surface area contributed by atoms with Crippen LogP contribution in [0, 0.1) is 6.92 Å². The van der Waals surface area contributed by atoms with Crippen molar-refractivity contribution in [3.8, 4) is 0 Å². The molecule has 0 radical (unpaired) electrons. The average molecular weight is 303 g/mol. The largest absolute Gasteiger partial charge is 0.397 e. The van der Waals surface area contributed by atoms with Crippen LogP contribution >= 0.6 is 11.3 Å². The van der Waals surface area contributed by atoms with E-state index >= 15 is 0 Å². The molecule has 1 saturated carbocycles. The maximum absolute atomic E-state index is 12.2. The first-order valence-electron chi connectivity index (χ1n) is 6.91. The van der Waals surface area contributed by atoms with Crippen molar-refractivity contribution in [3.63, 3.8) is 0 Å². The summed E-state index contributed by atoms with van der Waals surface area (Å²) in [5, 5.41) is 6.35. The van der Waals surface area contributed by atoms with Gasteiger partial charge in [-0.25, -0.2) is 0 Å². The maximum atomic E-state index is 12.2. The number of carbonyl (C=O) groups is 2. The van der Waals surface area contributed by atoms with Gasteiger partial charge in [-0.15, -0.1) is 11.3 Å². The Labute approximate surface area is 126 Å². The molecular formula is C15H17N3O2S. The van der Waals surface area contributed by atoms with Crippen LogP contribution in [0.5, 0.6) is 0 Å². The van der Waals surface area contributed by atoms with Gasteiger partial charge < -0.3 is 16.4 Å². The van der Waals surface area contributed by atoms with Crippen molar-refractivity contribution in [2.75, 3.05) is 12.3 Å². The van der Waals surface area contributed by atoms with Crippen LogP contribution in [0.2, 0.25) is 0 Å². The molecule has 4 N–H and O–H groups in total. The topological polar surface area (TPSA) is 84.2 Å². The van der Waals surface area contributed by atoms with Crippen molar-refractivity contribution >= 4 is 38.9 Å². The van der Waals surface area contributed by atoms with Crippen molar-refractivity contribution in [1.29, 1.82) is 0 Å². The van der Waals surface area contributed by atoms with Crippen LogP contribution in [-0.2, 0) is 4.79 Å². The highest BCUT2D eigenvalue weighted by Crippen LogP contribution is 2.34. The molecule has 0 bridgehead atoms. The zero-order chi connectivity index (χ0) is 15.0. The standard InChI is InChI=1S/C15H17N3O2S/c1-8-2-5-11-10(6-8)13(16)14(21-11)15(20)17-7-12(19)18-9-3-4-9/h2,5-6,9H,3-4,7,16H2,1H3,(H,17,20)(H,18,19). The van der Waals surface area contributed by atoms with Gasteiger partial charge in [-0.1, -0.05) is 11.6 Å². The number of amides is 2. The lowest BCUT2D eigenvalue weighted by molar-refractivity contribution is -0.120. The molecule has 21 heavy (non-hydrogen) atoms. The Balaban J connectivity index is 1.71. The number of thiophene rings is 1. The number of aryl methyl sites for hydroxylation is 1. The molecule has 1 aromatic carbocycles. The van der Waals surface area contributed by atoms with Gasteiger partial charge in [-0.05, 0) is 31.9 Å². The molecule has 1 aliphatic carbocycles. The Morgan fingerprint density at radius 3 is 2.86 bits per heavy atom. The highest BCUT2D eigenvalue weighted by atomic mass is 32.1. The molecule has 0 spiro atoms. The molecule has 5 nitrogen and oxygen atoms in total. The summed E-state index contributed by atoms with van der Waals surface area (Å²) in [4.78, 5) is 24.2. The average Bonchev–Trinajstić information content (AvgIpc) is 3.20. The van der Waals surface area contributed by atoms with E-state index in [0.29, 0.717) is 16.6 Å². The monoisotopic (exact) mass is 303 g/mol. The zero-order valence-corrected chi connectivity index (χ0v) is 12.5. The first-order valence-corrected chi connectivity index (χ1v) is 7.72. The van der Waals surface area contributed by atoms with Gasteiger partial charge in [0.15, 0.2) is 0 Å². The summed E-state index contributed by atoms with van der Waals surface area (Å²) < 4.78 is 0.977. The molecule has 1 heterocycles. The van der Waals surface area contributed by atoms with Gasteiger partial charge in [0.25, 0.3) is 5.91 Å². The molecule has 2 amide bonds. The maximum Gasteiger partial charge on any atom is 0.263 e. The summed E-state index contributed by atoms with van der Waals surface area (Å²) in [6.45, 7) is 1.97. The van der Waals surface area contributed by atoms with Gasteiger partial charge in [0.2, 0.25) is 5.91 Å². The summed E-state index contributed by atoms with van der Waals surface area (Å²) in [6.07, 6.45) is 2.06. The Hall–Kier alpha value is -2.08. The van der Waals surface area contributed by atoms with E-state index in [9.17, 15) is 9.59 Å². The molecule has 3 rings (SSSR count). The number of hydrogen-bond acceptors (Lipinski definition) is 4. The van der Waals surface area contributed by atoms with Crippen molar-refractivity contribution in [2.45, 2.75) is 25.8 Å². The molecular weight excluding hydrogens is 286 g/mol. The van der Waals surface area contributed by atoms with Crippen LogP contribution < -0.4 is 16.4 Å². The summed E-state index contributed by atoms with van der Waals surface area (Å²) in [6, 6.07) is 6.22. The number of nitrogens with one attached hydrogen (secondary N) is 2. The van der Waals surface area contributed by atoms with E-state index < -0.39 is 0 Å². The van der Waals surface area contributed by atoms with Crippen LogP contribution in [0.3, 0.4) is 0 Å². The van der Waals surface area contributed by atoms with Crippen molar-refractivity contribution in [2.24, 2.45) is 0 Å². The second kappa shape index (κ2) is 5.37. The van der Waals surface area contributed by atoms with E-state index in [0.717, 1.165) is 28.5 Å². The van der Waals surface area contributed by atoms with Crippen molar-refractivity contribution in [1.82, 2.24) is 10.6 Å². The molecule has 0 atom stereocenters. The normalized spacial score (nSPS) is 14.1. The molecule has 0 unspecified atom stereocenters. The van der Waals surface area contributed by atoms with E-state index in [1.54, 1.807) is 0 Å². The quantitative estimate of drug-likeness (QED) is 0.805. The smallest absolute Gasteiger partial charge is 0.263 e. The Morgan fingerprint density at radius 1 is 1.38 bits per heavy atom. The molecule has 0 saturated heterocycles.